The van der Waals surface area contributed by atoms with E-state index in [2.05, 4.69) is 24.0 Å². The third kappa shape index (κ3) is 5.09. The Morgan fingerprint density at radius 1 is 1.33 bits per heavy atom. The Morgan fingerprint density at radius 2 is 1.95 bits per heavy atom. The normalized spacial score (nSPS) is 12.0. The summed E-state index contributed by atoms with van der Waals surface area (Å²) in [6.45, 7) is 8.17. The summed E-state index contributed by atoms with van der Waals surface area (Å²) in [5.41, 5.74) is 5.64. The molecule has 0 saturated heterocycles. The lowest BCUT2D eigenvalue weighted by molar-refractivity contribution is -0.132. The molecule has 0 saturated carbocycles. The molecular weight excluding hydrogens is 268 g/mol. The molecular formula is C14H28N6O. The monoisotopic (exact) mass is 296 g/mol. The molecule has 1 aromatic heterocycles. The van der Waals surface area contributed by atoms with Crippen LogP contribution in [0.5, 0.6) is 0 Å². The van der Waals surface area contributed by atoms with Gasteiger partial charge in [-0.2, -0.15) is 0 Å². The van der Waals surface area contributed by atoms with Crippen molar-refractivity contribution in [2.45, 2.75) is 27.3 Å². The van der Waals surface area contributed by atoms with Crippen molar-refractivity contribution < 1.29 is 4.79 Å². The van der Waals surface area contributed by atoms with Crippen LogP contribution in [-0.4, -0.2) is 64.2 Å². The van der Waals surface area contributed by atoms with Gasteiger partial charge in [-0.3, -0.25) is 9.69 Å². The Hall–Kier alpha value is -1.47. The number of hydrogen-bond donors (Lipinski definition) is 1. The Bertz CT molecular complexity index is 482. The molecule has 0 unspecified atom stereocenters. The number of carbonyl (C=O) groups is 1. The Morgan fingerprint density at radius 3 is 2.43 bits per heavy atom. The van der Waals surface area contributed by atoms with E-state index in [1.165, 1.54) is 0 Å². The smallest absolute Gasteiger partial charge is 0.236 e. The van der Waals surface area contributed by atoms with Crippen LogP contribution in [0.15, 0.2) is 0 Å². The number of rotatable bonds is 7. The summed E-state index contributed by atoms with van der Waals surface area (Å²) in [5, 5.41) is 8.13. The zero-order valence-electron chi connectivity index (χ0n) is 14.1. The molecule has 7 nitrogen and oxygen atoms in total. The summed E-state index contributed by atoms with van der Waals surface area (Å²) in [5.74, 6) is 1.80. The van der Waals surface area contributed by atoms with Crippen LogP contribution < -0.4 is 5.73 Å². The lowest BCUT2D eigenvalue weighted by Gasteiger charge is -2.30. The van der Waals surface area contributed by atoms with E-state index >= 15 is 0 Å². The van der Waals surface area contributed by atoms with E-state index in [0.29, 0.717) is 26.2 Å². The molecule has 0 aromatic carbocycles. The van der Waals surface area contributed by atoms with Crippen LogP contribution in [0.1, 0.15) is 25.5 Å². The fourth-order valence-electron chi connectivity index (χ4n) is 2.03. The van der Waals surface area contributed by atoms with Crippen molar-refractivity contribution >= 4 is 5.91 Å². The van der Waals surface area contributed by atoms with Crippen LogP contribution in [0.25, 0.3) is 0 Å². The van der Waals surface area contributed by atoms with Gasteiger partial charge in [-0.25, -0.2) is 0 Å². The summed E-state index contributed by atoms with van der Waals surface area (Å²) >= 11 is 0. The molecule has 0 aliphatic carbocycles. The number of aryl methyl sites for hydroxylation is 1. The third-order valence-corrected chi connectivity index (χ3v) is 3.64. The lowest BCUT2D eigenvalue weighted by atomic mass is 9.93. The average molecular weight is 296 g/mol. The van der Waals surface area contributed by atoms with Gasteiger partial charge in [0.1, 0.15) is 11.6 Å². The van der Waals surface area contributed by atoms with Crippen LogP contribution in [0.2, 0.25) is 0 Å². The fraction of sp³-hybridized carbons (Fsp3) is 0.786. The molecule has 0 aliphatic heterocycles. The van der Waals surface area contributed by atoms with Crippen LogP contribution in [-0.2, 0) is 18.4 Å². The van der Waals surface area contributed by atoms with Gasteiger partial charge in [-0.05, 0) is 25.9 Å². The first-order valence-corrected chi connectivity index (χ1v) is 7.13. The van der Waals surface area contributed by atoms with Gasteiger partial charge in [0.05, 0.1) is 13.1 Å². The molecule has 1 heterocycles. The molecule has 0 aliphatic rings. The second-order valence-corrected chi connectivity index (χ2v) is 6.51. The second-order valence-electron chi connectivity index (χ2n) is 6.51. The maximum Gasteiger partial charge on any atom is 0.236 e. The Balaban J connectivity index is 2.52. The predicted octanol–water partition coefficient (Wildman–Crippen LogP) is -0.00138. The summed E-state index contributed by atoms with van der Waals surface area (Å²) in [7, 11) is 5.65. The minimum atomic E-state index is -0.0658. The van der Waals surface area contributed by atoms with Crippen molar-refractivity contribution in [3.63, 3.8) is 0 Å². The minimum absolute atomic E-state index is 0.0658. The second kappa shape index (κ2) is 7.00. The van der Waals surface area contributed by atoms with Crippen LogP contribution in [0.4, 0.5) is 0 Å². The average Bonchev–Trinajstić information content (AvgIpc) is 2.70. The van der Waals surface area contributed by atoms with Crippen molar-refractivity contribution in [2.75, 3.05) is 33.7 Å². The molecule has 2 N–H and O–H groups in total. The van der Waals surface area contributed by atoms with Crippen molar-refractivity contribution in [3.8, 4) is 0 Å². The molecule has 7 heteroatoms. The number of aromatic nitrogens is 3. The molecule has 1 aromatic rings. The third-order valence-electron chi connectivity index (χ3n) is 3.64. The first-order valence-electron chi connectivity index (χ1n) is 7.13. The van der Waals surface area contributed by atoms with Gasteiger partial charge in [0.25, 0.3) is 0 Å². The molecule has 0 fully saturated rings. The van der Waals surface area contributed by atoms with E-state index in [1.54, 1.807) is 4.90 Å². The number of likely N-dealkylation sites (N-methyl/N-ethyl adjacent to an activating group) is 2. The van der Waals surface area contributed by atoms with E-state index in [9.17, 15) is 4.79 Å². The molecule has 120 valence electrons. The fourth-order valence-corrected chi connectivity index (χ4v) is 2.03. The van der Waals surface area contributed by atoms with Crippen molar-refractivity contribution in [1.29, 1.82) is 0 Å². The number of carbonyl (C=O) groups excluding carboxylic acids is 1. The van der Waals surface area contributed by atoms with Gasteiger partial charge < -0.3 is 15.2 Å². The van der Waals surface area contributed by atoms with Gasteiger partial charge in [-0.15, -0.1) is 10.2 Å². The summed E-state index contributed by atoms with van der Waals surface area (Å²) in [6.07, 6.45) is 0. The van der Waals surface area contributed by atoms with Crippen LogP contribution in [0.3, 0.4) is 0 Å². The van der Waals surface area contributed by atoms with Crippen LogP contribution in [0, 0.1) is 12.3 Å². The van der Waals surface area contributed by atoms with Gasteiger partial charge >= 0.3 is 0 Å². The molecule has 1 amide bonds. The quantitative estimate of drug-likeness (QED) is 0.766. The Kier molecular flexibility index (Phi) is 5.86. The molecule has 0 spiro atoms. The van der Waals surface area contributed by atoms with Crippen molar-refractivity contribution in [3.05, 3.63) is 11.6 Å². The number of hydrogen-bond acceptors (Lipinski definition) is 5. The van der Waals surface area contributed by atoms with Crippen molar-refractivity contribution in [1.82, 2.24) is 24.6 Å². The maximum absolute atomic E-state index is 12.2. The number of amides is 1. The highest BCUT2D eigenvalue weighted by Crippen LogP contribution is 2.14. The highest BCUT2D eigenvalue weighted by Gasteiger charge is 2.22. The van der Waals surface area contributed by atoms with Crippen LogP contribution >= 0.6 is 0 Å². The zero-order chi connectivity index (χ0) is 16.2. The highest BCUT2D eigenvalue weighted by atomic mass is 16.2. The van der Waals surface area contributed by atoms with E-state index in [1.807, 2.05) is 37.5 Å². The molecule has 0 atom stereocenters. The summed E-state index contributed by atoms with van der Waals surface area (Å²) in [4.78, 5) is 15.9. The van der Waals surface area contributed by atoms with E-state index < -0.39 is 0 Å². The lowest BCUT2D eigenvalue weighted by Crippen LogP contribution is -2.43. The molecule has 21 heavy (non-hydrogen) atoms. The van der Waals surface area contributed by atoms with Gasteiger partial charge in [0.2, 0.25) is 5.91 Å². The molecule has 0 radical (unpaired) electrons. The maximum atomic E-state index is 12.2. The molecule has 0 bridgehead atoms. The van der Waals surface area contributed by atoms with Crippen molar-refractivity contribution in [2.24, 2.45) is 18.2 Å². The largest absolute Gasteiger partial charge is 0.344 e. The first kappa shape index (κ1) is 17.6. The summed E-state index contributed by atoms with van der Waals surface area (Å²) < 4.78 is 1.93. The van der Waals surface area contributed by atoms with E-state index in [4.69, 9.17) is 5.73 Å². The van der Waals surface area contributed by atoms with Gasteiger partial charge in [-0.1, -0.05) is 13.8 Å². The SMILES string of the molecule is Cc1nnc(CN(C)CC(=O)N(C)CC(C)(C)CN)n1C. The number of nitrogens with two attached hydrogens (primary N) is 1. The highest BCUT2D eigenvalue weighted by molar-refractivity contribution is 5.78. The molecule has 1 rings (SSSR count). The standard InChI is InChI=1S/C14H28N6O/c1-11-16-17-12(20(11)6)7-18(4)8-13(21)19(5)10-14(2,3)9-15/h7-10,15H2,1-6H3. The zero-order valence-corrected chi connectivity index (χ0v) is 14.1. The van der Waals surface area contributed by atoms with E-state index in [-0.39, 0.29) is 11.3 Å². The Labute approximate surface area is 127 Å². The summed E-state index contributed by atoms with van der Waals surface area (Å²) in [6, 6.07) is 0. The number of nitrogens with zero attached hydrogens (tertiary/aromatic N) is 5. The van der Waals surface area contributed by atoms with Gasteiger partial charge in [0, 0.05) is 20.6 Å². The van der Waals surface area contributed by atoms with E-state index in [0.717, 1.165) is 11.6 Å². The van der Waals surface area contributed by atoms with Gasteiger partial charge in [0.15, 0.2) is 0 Å². The predicted molar refractivity (Wildman–Crippen MR) is 82.5 cm³/mol. The topological polar surface area (TPSA) is 80.3 Å². The first-order chi connectivity index (χ1) is 9.66. The minimum Gasteiger partial charge on any atom is -0.344 e.